The summed E-state index contributed by atoms with van der Waals surface area (Å²) in [4.78, 5) is 33.8. The molecule has 4 aromatic heterocycles. The van der Waals surface area contributed by atoms with Crippen LogP contribution >= 0.6 is 11.3 Å². The molecule has 4 aromatic carbocycles. The standard InChI is InChI=1S/C13H8NS.C11H6F2N.C11H8N.C7H5O2.C5H8O2.3Ir/c1-2-7-12-10(5-1)9-13(15-12)11-6-3-4-8-14-11;12-8-4-5-9(10(13)7-8)11-3-1-2-6-14-11;1-2-6-10(7-3-1)11-8-4-5-9-12-11;8-7(9)6-4-2-1-3-5-6;1-4(6)3-5(2)7;;;/h1-8H;1-4,6-7H;1-6,8-9H;1-4H,(H,8,9);3,6H,1-2H3;;;/q4*-1;;;;. The predicted octanol–water partition coefficient (Wildman–Crippen LogP) is 11.4. The van der Waals surface area contributed by atoms with Gasteiger partial charge in [-0.05, 0) is 53.0 Å². The summed E-state index contributed by atoms with van der Waals surface area (Å²) < 4.78 is 27.1. The molecule has 3 radical (unpaired) electrons. The van der Waals surface area contributed by atoms with Crippen LogP contribution < -0.4 is 0 Å². The van der Waals surface area contributed by atoms with E-state index in [1.54, 1.807) is 60.1 Å². The number of rotatable bonds is 5. The number of aliphatic hydroxyl groups excluding tert-OH is 1. The number of aliphatic hydroxyl groups is 1. The van der Waals surface area contributed by atoms with Crippen LogP contribution in [0.5, 0.6) is 0 Å². The zero-order chi connectivity index (χ0) is 40.8. The molecule has 4 heterocycles. The first-order valence-corrected chi connectivity index (χ1v) is 18.0. The van der Waals surface area contributed by atoms with E-state index < -0.39 is 17.6 Å². The maximum atomic E-state index is 13.2. The van der Waals surface area contributed by atoms with Crippen molar-refractivity contribution in [3.8, 4) is 33.1 Å². The summed E-state index contributed by atoms with van der Waals surface area (Å²) in [5, 5.41) is 17.9. The summed E-state index contributed by atoms with van der Waals surface area (Å²) >= 11 is 1.73. The van der Waals surface area contributed by atoms with Crippen LogP contribution in [0.4, 0.5) is 8.78 Å². The van der Waals surface area contributed by atoms with Gasteiger partial charge in [0.25, 0.3) is 0 Å². The Bertz CT molecular complexity index is 2390. The van der Waals surface area contributed by atoms with E-state index in [0.717, 1.165) is 34.0 Å². The van der Waals surface area contributed by atoms with Gasteiger partial charge in [0.2, 0.25) is 5.97 Å². The number of halogens is 2. The number of aromatic nitrogens is 3. The van der Waals surface area contributed by atoms with Crippen LogP contribution in [0.25, 0.3) is 43.2 Å². The number of carbonyl (C=O) groups is 2. The molecule has 0 unspecified atom stereocenters. The van der Waals surface area contributed by atoms with Gasteiger partial charge in [0.05, 0.1) is 5.76 Å². The van der Waals surface area contributed by atoms with E-state index in [1.807, 2.05) is 72.9 Å². The predicted molar refractivity (Wildman–Crippen MR) is 220 cm³/mol. The molecule has 0 saturated carbocycles. The van der Waals surface area contributed by atoms with Gasteiger partial charge in [-0.15, -0.1) is 102 Å². The molecular formula is C47H35F2Ir3N3O4S-4. The second kappa shape index (κ2) is 29.1. The minimum absolute atomic E-state index is 0. The van der Waals surface area contributed by atoms with Crippen molar-refractivity contribution in [3.63, 3.8) is 0 Å². The van der Waals surface area contributed by atoms with Gasteiger partial charge < -0.3 is 30.0 Å². The number of fused-ring (bicyclic) bond motifs is 1. The smallest absolute Gasteiger partial charge is 0.247 e. The molecule has 0 atom stereocenters. The number of hydrogen-bond donors (Lipinski definition) is 2. The largest absolute Gasteiger partial charge is 0.521 e. The van der Waals surface area contributed by atoms with Crippen LogP contribution in [0.1, 0.15) is 24.2 Å². The maximum absolute atomic E-state index is 13.2. The van der Waals surface area contributed by atoms with Gasteiger partial charge in [-0.25, -0.2) is 11.3 Å². The van der Waals surface area contributed by atoms with Crippen molar-refractivity contribution in [2.75, 3.05) is 0 Å². The van der Waals surface area contributed by atoms with Crippen LogP contribution in [-0.4, -0.2) is 36.9 Å². The second-order valence-corrected chi connectivity index (χ2v) is 12.5. The van der Waals surface area contributed by atoms with E-state index in [9.17, 15) is 18.4 Å². The molecular weight excluding hydrogens is 1320 g/mol. The number of carbonyl (C=O) groups excluding carboxylic acids is 1. The fourth-order valence-electron chi connectivity index (χ4n) is 4.58. The maximum Gasteiger partial charge on any atom is 0.247 e. The fourth-order valence-corrected chi connectivity index (χ4v) is 5.56. The molecule has 0 aliphatic carbocycles. The van der Waals surface area contributed by atoms with Crippen molar-refractivity contribution in [3.05, 3.63) is 211 Å². The van der Waals surface area contributed by atoms with Crippen LogP contribution in [-0.2, 0) is 65.1 Å². The van der Waals surface area contributed by atoms with Gasteiger partial charge in [0.1, 0.15) is 0 Å². The minimum Gasteiger partial charge on any atom is -0.521 e. The van der Waals surface area contributed by atoms with Crippen LogP contribution in [0.15, 0.2) is 170 Å². The third-order valence-electron chi connectivity index (χ3n) is 7.03. The van der Waals surface area contributed by atoms with Crippen molar-refractivity contribution in [1.82, 2.24) is 15.0 Å². The number of ketones is 1. The van der Waals surface area contributed by atoms with Gasteiger partial charge >= 0.3 is 0 Å². The number of benzene rings is 4. The molecule has 0 spiro atoms. The fraction of sp³-hybridized carbons (Fsp3) is 0.0426. The van der Waals surface area contributed by atoms with E-state index in [2.05, 4.69) is 57.4 Å². The number of aromatic carboxylic acids is 1. The molecule has 8 rings (SSSR count). The molecule has 0 amide bonds. The average molecular weight is 1350 g/mol. The van der Waals surface area contributed by atoms with Crippen molar-refractivity contribution < 1.29 is 88.9 Å². The minimum atomic E-state index is -0.935. The number of carboxylic acid groups (broad SMARTS) is 1. The first-order chi connectivity index (χ1) is 27.6. The van der Waals surface area contributed by atoms with E-state index in [0.29, 0.717) is 5.69 Å². The molecule has 13 heteroatoms. The number of thiophene rings is 1. The van der Waals surface area contributed by atoms with Crippen molar-refractivity contribution in [1.29, 1.82) is 0 Å². The zero-order valence-electron chi connectivity index (χ0n) is 31.8. The first kappa shape index (κ1) is 52.8. The monoisotopic (exact) mass is 1350 g/mol. The quantitative estimate of drug-likeness (QED) is 0.100. The van der Waals surface area contributed by atoms with Crippen molar-refractivity contribution in [2.24, 2.45) is 0 Å². The topological polar surface area (TPSA) is 113 Å². The molecule has 0 bridgehead atoms. The van der Waals surface area contributed by atoms with Crippen LogP contribution in [0.2, 0.25) is 0 Å². The Kier molecular flexibility index (Phi) is 25.6. The molecule has 313 valence electrons. The number of allylic oxidation sites excluding steroid dienone is 2. The Labute approximate surface area is 392 Å². The molecule has 7 nitrogen and oxygen atoms in total. The zero-order valence-corrected chi connectivity index (χ0v) is 39.8. The van der Waals surface area contributed by atoms with Crippen molar-refractivity contribution in [2.45, 2.75) is 13.8 Å². The molecule has 60 heavy (non-hydrogen) atoms. The van der Waals surface area contributed by atoms with Gasteiger partial charge in [0.15, 0.2) is 5.78 Å². The van der Waals surface area contributed by atoms with E-state index in [4.69, 9.17) is 10.2 Å². The Balaban J connectivity index is 0.000000379. The molecule has 0 aliphatic heterocycles. The summed E-state index contributed by atoms with van der Waals surface area (Å²) in [6, 6.07) is 53.0. The average Bonchev–Trinajstić information content (AvgIpc) is 3.68. The van der Waals surface area contributed by atoms with Crippen molar-refractivity contribution >= 4 is 33.2 Å². The molecule has 0 saturated heterocycles. The Hall–Kier alpha value is -5.22. The summed E-state index contributed by atoms with van der Waals surface area (Å²) in [7, 11) is 0. The molecule has 0 fully saturated rings. The Morgan fingerprint density at radius 1 is 0.650 bits per heavy atom. The summed E-state index contributed by atoms with van der Waals surface area (Å²) in [6.45, 7) is 2.85. The van der Waals surface area contributed by atoms with Crippen LogP contribution in [0, 0.1) is 35.9 Å². The van der Waals surface area contributed by atoms with Gasteiger partial charge in [0, 0.05) is 102 Å². The third kappa shape index (κ3) is 18.8. The summed E-state index contributed by atoms with van der Waals surface area (Å²) in [5.74, 6) is -2.28. The molecule has 8 aromatic rings. The summed E-state index contributed by atoms with van der Waals surface area (Å²) in [6.07, 6.45) is 6.32. The van der Waals surface area contributed by atoms with Gasteiger partial charge in [-0.2, -0.15) is 0 Å². The second-order valence-electron chi connectivity index (χ2n) is 11.5. The normalized spacial score (nSPS) is 9.63. The Morgan fingerprint density at radius 3 is 1.65 bits per heavy atom. The number of carboxylic acids is 1. The van der Waals surface area contributed by atoms with Crippen LogP contribution in [0.3, 0.4) is 0 Å². The van der Waals surface area contributed by atoms with Gasteiger partial charge in [-0.3, -0.25) is 13.6 Å². The summed E-state index contributed by atoms with van der Waals surface area (Å²) in [5.41, 5.74) is 3.85. The number of hydrogen-bond acceptors (Lipinski definition) is 7. The Morgan fingerprint density at radius 2 is 1.20 bits per heavy atom. The number of pyridine rings is 3. The van der Waals surface area contributed by atoms with E-state index in [1.165, 1.54) is 36.1 Å². The SMILES string of the molecule is CC(=O)C=C(C)O.Fc1c[c-]c(-c2ccccn2)c(F)c1.O=C(O)c1[c-]cccc1.[Ir].[Ir].[Ir].[c-]1c(-c2ccccn2)sc2ccccc12.[c-]1ccccc1-c1ccccn1. The third-order valence-corrected chi connectivity index (χ3v) is 8.12. The van der Waals surface area contributed by atoms with Gasteiger partial charge in [-0.1, -0.05) is 65.7 Å². The van der Waals surface area contributed by atoms with E-state index >= 15 is 0 Å². The van der Waals surface area contributed by atoms with E-state index in [-0.39, 0.29) is 83.0 Å². The number of nitrogens with zero attached hydrogens (tertiary/aromatic N) is 3. The first-order valence-electron chi connectivity index (χ1n) is 17.2. The molecule has 0 aliphatic rings. The molecule has 2 N–H and O–H groups in total.